The van der Waals surface area contributed by atoms with Gasteiger partial charge in [0.15, 0.2) is 40.1 Å². The minimum atomic E-state index is -0.337. The van der Waals surface area contributed by atoms with Gasteiger partial charge < -0.3 is 19.3 Å². The van der Waals surface area contributed by atoms with Crippen LogP contribution in [0.1, 0.15) is 0 Å². The first kappa shape index (κ1) is 15.6. The van der Waals surface area contributed by atoms with Crippen LogP contribution in [0.2, 0.25) is 0 Å². The standard InChI is InChI=1S/C15H9IO7/c16-23-22-9-3-1-8(2-4-9)11-7-20-14-10(13(11)18)5-6-12(17)15(14)21-19/h1-7,17,19H. The number of rotatable bonds is 4. The van der Waals surface area contributed by atoms with Crippen molar-refractivity contribution in [3.05, 3.63) is 52.9 Å². The van der Waals surface area contributed by atoms with E-state index in [0.717, 1.165) is 0 Å². The number of phenolic OH excluding ortho intramolecular Hbond substituents is 1. The summed E-state index contributed by atoms with van der Waals surface area (Å²) >= 11 is 1.60. The first-order valence-electron chi connectivity index (χ1n) is 6.30. The minimum Gasteiger partial charge on any atom is -0.504 e. The Morgan fingerprint density at radius 2 is 1.83 bits per heavy atom. The molecule has 118 valence electrons. The van der Waals surface area contributed by atoms with Gasteiger partial charge in [-0.3, -0.25) is 4.79 Å². The SMILES string of the molecule is O=c1c(-c2ccc(OOI)cc2)coc2c(OO)c(O)ccc12. The smallest absolute Gasteiger partial charge is 0.249 e. The van der Waals surface area contributed by atoms with E-state index in [1.807, 2.05) is 0 Å². The summed E-state index contributed by atoms with van der Waals surface area (Å²) in [6.07, 6.45) is 1.23. The summed E-state index contributed by atoms with van der Waals surface area (Å²) in [4.78, 5) is 21.5. The lowest BCUT2D eigenvalue weighted by atomic mass is 10.1. The molecule has 7 nitrogen and oxygen atoms in total. The van der Waals surface area contributed by atoms with Crippen molar-refractivity contribution in [2.75, 3.05) is 0 Å². The molecule has 2 N–H and O–H groups in total. The molecule has 0 atom stereocenters. The van der Waals surface area contributed by atoms with E-state index in [1.165, 1.54) is 18.4 Å². The number of fused-ring (bicyclic) bond motifs is 1. The third kappa shape index (κ3) is 2.83. The van der Waals surface area contributed by atoms with Gasteiger partial charge in [0.25, 0.3) is 0 Å². The maximum absolute atomic E-state index is 12.6. The Bertz CT molecular complexity index is 902. The zero-order chi connectivity index (χ0) is 16.4. The second-order valence-corrected chi connectivity index (χ2v) is 4.89. The van der Waals surface area contributed by atoms with Gasteiger partial charge >= 0.3 is 0 Å². The molecule has 0 fully saturated rings. The van der Waals surface area contributed by atoms with Crippen LogP contribution in [0.4, 0.5) is 0 Å². The molecule has 1 heterocycles. The van der Waals surface area contributed by atoms with Crippen molar-refractivity contribution in [3.8, 4) is 28.4 Å². The van der Waals surface area contributed by atoms with E-state index in [1.54, 1.807) is 47.3 Å². The Kier molecular flexibility index (Phi) is 4.37. The van der Waals surface area contributed by atoms with Gasteiger partial charge in [-0.05, 0) is 29.8 Å². The molecule has 1 aromatic heterocycles. The molecule has 3 rings (SSSR count). The number of aromatic hydroxyl groups is 1. The second kappa shape index (κ2) is 6.44. The molecule has 0 aliphatic carbocycles. The van der Waals surface area contributed by atoms with Crippen LogP contribution in [0.25, 0.3) is 22.1 Å². The number of benzene rings is 2. The summed E-state index contributed by atoms with van der Waals surface area (Å²) in [6.45, 7) is 0. The highest BCUT2D eigenvalue weighted by Gasteiger charge is 2.16. The van der Waals surface area contributed by atoms with Gasteiger partial charge in [-0.15, -0.1) is 3.22 Å². The molecule has 8 heteroatoms. The Morgan fingerprint density at radius 1 is 1.09 bits per heavy atom. The van der Waals surface area contributed by atoms with E-state index in [2.05, 4.69) is 8.10 Å². The molecule has 0 amide bonds. The van der Waals surface area contributed by atoms with Gasteiger partial charge in [-0.1, -0.05) is 12.1 Å². The molecule has 0 bridgehead atoms. The first-order valence-corrected chi connectivity index (χ1v) is 7.18. The molecule has 3 aromatic rings. The van der Waals surface area contributed by atoms with Gasteiger partial charge in [0.05, 0.1) is 10.9 Å². The van der Waals surface area contributed by atoms with Crippen molar-refractivity contribution in [2.45, 2.75) is 0 Å². The molecular formula is C15H9IO7. The zero-order valence-electron chi connectivity index (χ0n) is 11.4. The third-order valence-corrected chi connectivity index (χ3v) is 3.44. The van der Waals surface area contributed by atoms with E-state index in [0.29, 0.717) is 16.9 Å². The summed E-state index contributed by atoms with van der Waals surface area (Å²) in [5.41, 5.74) is 0.554. The molecule has 0 saturated heterocycles. The summed E-state index contributed by atoms with van der Waals surface area (Å²) < 4.78 is 9.88. The van der Waals surface area contributed by atoms with Crippen LogP contribution < -0.4 is 15.2 Å². The van der Waals surface area contributed by atoms with Crippen molar-refractivity contribution in [1.82, 2.24) is 0 Å². The van der Waals surface area contributed by atoms with Gasteiger partial charge in [0.2, 0.25) is 11.2 Å². The molecule has 0 saturated carbocycles. The van der Waals surface area contributed by atoms with Crippen LogP contribution in [0.3, 0.4) is 0 Å². The van der Waals surface area contributed by atoms with Crippen molar-refractivity contribution >= 4 is 34.0 Å². The van der Waals surface area contributed by atoms with E-state index < -0.39 is 0 Å². The monoisotopic (exact) mass is 428 g/mol. The number of hydrogen-bond acceptors (Lipinski definition) is 7. The van der Waals surface area contributed by atoms with Crippen molar-refractivity contribution < 1.29 is 27.8 Å². The van der Waals surface area contributed by atoms with Crippen LogP contribution in [0.15, 0.2) is 51.9 Å². The highest BCUT2D eigenvalue weighted by Crippen LogP contribution is 2.34. The predicted molar refractivity (Wildman–Crippen MR) is 88.6 cm³/mol. The molecule has 2 aromatic carbocycles. The molecule has 0 radical (unpaired) electrons. The highest BCUT2D eigenvalue weighted by molar-refractivity contribution is 14.1. The number of phenols is 1. The van der Waals surface area contributed by atoms with E-state index in [4.69, 9.17) is 14.6 Å². The maximum Gasteiger partial charge on any atom is 0.249 e. The average Bonchev–Trinajstić information content (AvgIpc) is 2.56. The van der Waals surface area contributed by atoms with Gasteiger partial charge in [-0.2, -0.15) is 0 Å². The summed E-state index contributed by atoms with van der Waals surface area (Å²) in [7, 11) is 0. The van der Waals surface area contributed by atoms with Gasteiger partial charge in [0.1, 0.15) is 6.26 Å². The molecule has 0 unspecified atom stereocenters. The van der Waals surface area contributed by atoms with Gasteiger partial charge in [-0.25, -0.2) is 5.26 Å². The van der Waals surface area contributed by atoms with Gasteiger partial charge in [0, 0.05) is 0 Å². The first-order chi connectivity index (χ1) is 11.2. The molecule has 0 aliphatic heterocycles. The normalized spacial score (nSPS) is 10.7. The quantitative estimate of drug-likeness (QED) is 0.372. The topological polar surface area (TPSA) is 98.4 Å². The van der Waals surface area contributed by atoms with E-state index in [-0.39, 0.29) is 27.9 Å². The molecule has 23 heavy (non-hydrogen) atoms. The fourth-order valence-corrected chi connectivity index (χ4v) is 2.39. The minimum absolute atomic E-state index is 0.0421. The van der Waals surface area contributed by atoms with Crippen molar-refractivity contribution in [1.29, 1.82) is 0 Å². The van der Waals surface area contributed by atoms with Crippen molar-refractivity contribution in [3.63, 3.8) is 0 Å². The van der Waals surface area contributed by atoms with E-state index in [9.17, 15) is 9.90 Å². The lowest BCUT2D eigenvalue weighted by molar-refractivity contribution is -0.138. The molecule has 0 spiro atoms. The fraction of sp³-hybridized carbons (Fsp3) is 0. The summed E-state index contributed by atoms with van der Waals surface area (Å²) in [5, 5.41) is 18.6. The van der Waals surface area contributed by atoms with Crippen LogP contribution in [-0.2, 0) is 3.22 Å². The summed E-state index contributed by atoms with van der Waals surface area (Å²) in [5.74, 6) is -0.167. The Morgan fingerprint density at radius 3 is 2.48 bits per heavy atom. The summed E-state index contributed by atoms with van der Waals surface area (Å²) in [6, 6.07) is 9.25. The molecular weight excluding hydrogens is 419 g/mol. The average molecular weight is 428 g/mol. The Balaban J connectivity index is 2.14. The Hall–Kier alpha value is -2.30. The third-order valence-electron chi connectivity index (χ3n) is 3.26. The zero-order valence-corrected chi connectivity index (χ0v) is 13.5. The maximum atomic E-state index is 12.6. The van der Waals surface area contributed by atoms with Crippen molar-refractivity contribution in [2.24, 2.45) is 0 Å². The fourth-order valence-electron chi connectivity index (χ4n) is 2.18. The van der Waals surface area contributed by atoms with Crippen LogP contribution in [0.5, 0.6) is 17.2 Å². The highest BCUT2D eigenvalue weighted by atomic mass is 127. The van der Waals surface area contributed by atoms with E-state index >= 15 is 0 Å². The van der Waals surface area contributed by atoms with Crippen LogP contribution in [0, 0.1) is 0 Å². The second-order valence-electron chi connectivity index (χ2n) is 4.53. The predicted octanol–water partition coefficient (Wildman–Crippen LogP) is 3.68. The lowest BCUT2D eigenvalue weighted by Gasteiger charge is -2.07. The number of hydrogen-bond donors (Lipinski definition) is 2. The van der Waals surface area contributed by atoms with Crippen LogP contribution in [-0.4, -0.2) is 10.4 Å². The largest absolute Gasteiger partial charge is 0.504 e. The lowest BCUT2D eigenvalue weighted by Crippen LogP contribution is -2.05. The molecule has 0 aliphatic rings. The van der Waals surface area contributed by atoms with Crippen LogP contribution >= 0.6 is 23.0 Å². The number of halogens is 1. The Labute approximate surface area is 143 Å².